The molecule has 1 aliphatic rings. The van der Waals surface area contributed by atoms with Crippen LogP contribution in [0.4, 0.5) is 0 Å². The van der Waals surface area contributed by atoms with Crippen molar-refractivity contribution in [2.45, 2.75) is 57.4 Å². The van der Waals surface area contributed by atoms with E-state index in [-0.39, 0.29) is 6.04 Å². The molecule has 2 rings (SSSR count). The largest absolute Gasteiger partial charge is 0.480 e. The van der Waals surface area contributed by atoms with Crippen LogP contribution in [0.1, 0.15) is 50.5 Å². The molecule has 0 aliphatic carbocycles. The van der Waals surface area contributed by atoms with Gasteiger partial charge in [-0.05, 0) is 62.9 Å². The quantitative estimate of drug-likeness (QED) is 0.722. The molecular formula is C18H26ClNO2. The summed E-state index contributed by atoms with van der Waals surface area (Å²) < 4.78 is 0. The van der Waals surface area contributed by atoms with E-state index in [1.54, 1.807) is 0 Å². The third-order valence-corrected chi connectivity index (χ3v) is 4.72. The van der Waals surface area contributed by atoms with Crippen molar-refractivity contribution in [2.75, 3.05) is 13.1 Å². The number of carboxylic acids is 1. The van der Waals surface area contributed by atoms with Gasteiger partial charge in [-0.3, -0.25) is 9.69 Å². The highest BCUT2D eigenvalue weighted by Gasteiger charge is 2.25. The van der Waals surface area contributed by atoms with Gasteiger partial charge in [0.25, 0.3) is 0 Å². The van der Waals surface area contributed by atoms with Crippen molar-refractivity contribution < 1.29 is 9.90 Å². The fourth-order valence-electron chi connectivity index (χ4n) is 3.19. The molecule has 1 aliphatic heterocycles. The van der Waals surface area contributed by atoms with Gasteiger partial charge in [-0.2, -0.15) is 0 Å². The number of halogens is 1. The summed E-state index contributed by atoms with van der Waals surface area (Å²) in [6.45, 7) is 1.89. The molecule has 0 radical (unpaired) electrons. The van der Waals surface area contributed by atoms with Crippen LogP contribution in [0.5, 0.6) is 0 Å². The Bertz CT molecular complexity index is 455. The Kier molecular flexibility index (Phi) is 7.20. The van der Waals surface area contributed by atoms with Gasteiger partial charge in [-0.1, -0.05) is 43.0 Å². The smallest absolute Gasteiger partial charge is 0.320 e. The van der Waals surface area contributed by atoms with Gasteiger partial charge in [0.1, 0.15) is 6.04 Å². The van der Waals surface area contributed by atoms with Gasteiger partial charge in [0, 0.05) is 5.02 Å². The van der Waals surface area contributed by atoms with E-state index in [4.69, 9.17) is 11.6 Å². The summed E-state index contributed by atoms with van der Waals surface area (Å²) in [5, 5.41) is 10.2. The van der Waals surface area contributed by atoms with Crippen LogP contribution in [-0.4, -0.2) is 35.1 Å². The molecule has 0 saturated carbocycles. The summed E-state index contributed by atoms with van der Waals surface area (Å²) in [4.78, 5) is 13.6. The molecule has 122 valence electrons. The summed E-state index contributed by atoms with van der Waals surface area (Å²) in [6, 6.07) is 7.70. The van der Waals surface area contributed by atoms with Gasteiger partial charge in [-0.15, -0.1) is 0 Å². The average molecular weight is 324 g/mol. The Labute approximate surface area is 138 Å². The van der Waals surface area contributed by atoms with Crippen LogP contribution in [0.15, 0.2) is 24.3 Å². The molecule has 0 bridgehead atoms. The minimum atomic E-state index is -0.653. The number of carbonyl (C=O) groups is 1. The molecule has 1 N–H and O–H groups in total. The van der Waals surface area contributed by atoms with Gasteiger partial charge in [0.2, 0.25) is 0 Å². The van der Waals surface area contributed by atoms with E-state index in [1.807, 2.05) is 12.1 Å². The van der Waals surface area contributed by atoms with E-state index in [0.29, 0.717) is 0 Å². The summed E-state index contributed by atoms with van der Waals surface area (Å²) >= 11 is 5.87. The van der Waals surface area contributed by atoms with Crippen LogP contribution in [0.2, 0.25) is 5.02 Å². The molecule has 1 atom stereocenters. The molecule has 22 heavy (non-hydrogen) atoms. The molecule has 1 aromatic rings. The van der Waals surface area contributed by atoms with E-state index in [2.05, 4.69) is 17.0 Å². The van der Waals surface area contributed by atoms with Crippen LogP contribution < -0.4 is 0 Å². The minimum Gasteiger partial charge on any atom is -0.480 e. The third-order valence-electron chi connectivity index (χ3n) is 4.47. The number of hydrogen-bond donors (Lipinski definition) is 1. The first kappa shape index (κ1) is 17.3. The van der Waals surface area contributed by atoms with Crippen molar-refractivity contribution in [2.24, 2.45) is 0 Å². The standard InChI is InChI=1S/C18H26ClNO2/c19-16-11-9-15(10-12-16)7-3-1-4-8-17(18(21)22)20-13-5-2-6-14-20/h9-12,17H,1-8,13-14H2,(H,21,22). The lowest BCUT2D eigenvalue weighted by Gasteiger charge is -2.32. The van der Waals surface area contributed by atoms with Crippen molar-refractivity contribution in [3.05, 3.63) is 34.9 Å². The number of benzene rings is 1. The zero-order valence-electron chi connectivity index (χ0n) is 13.1. The average Bonchev–Trinajstić information content (AvgIpc) is 2.53. The first-order chi connectivity index (χ1) is 10.7. The molecule has 4 heteroatoms. The molecule has 1 fully saturated rings. The fourth-order valence-corrected chi connectivity index (χ4v) is 3.31. The number of likely N-dealkylation sites (tertiary alicyclic amines) is 1. The second kappa shape index (κ2) is 9.16. The Balaban J connectivity index is 1.67. The predicted molar refractivity (Wildman–Crippen MR) is 90.5 cm³/mol. The summed E-state index contributed by atoms with van der Waals surface area (Å²) in [7, 11) is 0. The van der Waals surface area contributed by atoms with E-state index in [0.717, 1.165) is 63.1 Å². The van der Waals surface area contributed by atoms with Gasteiger partial charge in [-0.25, -0.2) is 0 Å². The van der Waals surface area contributed by atoms with Crippen LogP contribution in [0.3, 0.4) is 0 Å². The van der Waals surface area contributed by atoms with Crippen molar-refractivity contribution in [3.63, 3.8) is 0 Å². The molecule has 0 amide bonds. The molecule has 3 nitrogen and oxygen atoms in total. The van der Waals surface area contributed by atoms with Crippen LogP contribution in [0.25, 0.3) is 0 Å². The number of aliphatic carboxylic acids is 1. The van der Waals surface area contributed by atoms with Crippen LogP contribution in [-0.2, 0) is 11.2 Å². The van der Waals surface area contributed by atoms with Crippen molar-refractivity contribution in [1.82, 2.24) is 4.90 Å². The summed E-state index contributed by atoms with van der Waals surface area (Å²) in [5.74, 6) is -0.653. The Morgan fingerprint density at radius 2 is 1.77 bits per heavy atom. The van der Waals surface area contributed by atoms with Crippen molar-refractivity contribution in [3.8, 4) is 0 Å². The lowest BCUT2D eigenvalue weighted by molar-refractivity contribution is -0.144. The van der Waals surface area contributed by atoms with Gasteiger partial charge >= 0.3 is 5.97 Å². The molecule has 1 unspecified atom stereocenters. The maximum atomic E-state index is 11.5. The number of unbranched alkanes of at least 4 members (excludes halogenated alkanes) is 2. The first-order valence-corrected chi connectivity index (χ1v) is 8.76. The number of carboxylic acid groups (broad SMARTS) is 1. The fraction of sp³-hybridized carbons (Fsp3) is 0.611. The van der Waals surface area contributed by atoms with E-state index < -0.39 is 5.97 Å². The van der Waals surface area contributed by atoms with Crippen LogP contribution >= 0.6 is 11.6 Å². The lowest BCUT2D eigenvalue weighted by Crippen LogP contribution is -2.44. The predicted octanol–water partition coefficient (Wildman–Crippen LogP) is 4.38. The number of aryl methyl sites for hydroxylation is 1. The molecule has 1 aromatic carbocycles. The Hall–Kier alpha value is -1.06. The Morgan fingerprint density at radius 1 is 1.09 bits per heavy atom. The maximum Gasteiger partial charge on any atom is 0.320 e. The minimum absolute atomic E-state index is 0.282. The number of rotatable bonds is 8. The van der Waals surface area contributed by atoms with Gasteiger partial charge < -0.3 is 5.11 Å². The lowest BCUT2D eigenvalue weighted by atomic mass is 10.0. The van der Waals surface area contributed by atoms with Gasteiger partial charge in [0.05, 0.1) is 0 Å². The zero-order valence-corrected chi connectivity index (χ0v) is 13.9. The monoisotopic (exact) mass is 323 g/mol. The summed E-state index contributed by atoms with van der Waals surface area (Å²) in [5.41, 5.74) is 1.30. The highest BCUT2D eigenvalue weighted by molar-refractivity contribution is 6.30. The first-order valence-electron chi connectivity index (χ1n) is 8.38. The highest BCUT2D eigenvalue weighted by Crippen LogP contribution is 2.18. The molecular weight excluding hydrogens is 298 g/mol. The normalized spacial score (nSPS) is 17.3. The van der Waals surface area contributed by atoms with Crippen molar-refractivity contribution in [1.29, 1.82) is 0 Å². The number of hydrogen-bond acceptors (Lipinski definition) is 2. The van der Waals surface area contributed by atoms with Crippen LogP contribution in [0, 0.1) is 0 Å². The molecule has 0 spiro atoms. The molecule has 1 saturated heterocycles. The topological polar surface area (TPSA) is 40.5 Å². The van der Waals surface area contributed by atoms with Gasteiger partial charge in [0.15, 0.2) is 0 Å². The van der Waals surface area contributed by atoms with E-state index in [1.165, 1.54) is 12.0 Å². The number of nitrogens with zero attached hydrogens (tertiary/aromatic N) is 1. The van der Waals surface area contributed by atoms with Crippen molar-refractivity contribution >= 4 is 17.6 Å². The maximum absolute atomic E-state index is 11.5. The third kappa shape index (κ3) is 5.62. The number of piperidine rings is 1. The second-order valence-corrected chi connectivity index (χ2v) is 6.61. The molecule has 1 heterocycles. The zero-order chi connectivity index (χ0) is 15.8. The Morgan fingerprint density at radius 3 is 2.41 bits per heavy atom. The van der Waals surface area contributed by atoms with E-state index in [9.17, 15) is 9.90 Å². The molecule has 0 aromatic heterocycles. The highest BCUT2D eigenvalue weighted by atomic mass is 35.5. The summed E-state index contributed by atoms with van der Waals surface area (Å²) in [6.07, 6.45) is 8.51. The SMILES string of the molecule is O=C(O)C(CCCCCc1ccc(Cl)cc1)N1CCCCC1. The second-order valence-electron chi connectivity index (χ2n) is 6.18. The van der Waals surface area contributed by atoms with E-state index >= 15 is 0 Å².